The van der Waals surface area contributed by atoms with E-state index in [4.69, 9.17) is 0 Å². The molecule has 3 rings (SSSR count). The number of halogens is 1. The normalized spacial score (nSPS) is 15.9. The smallest absolute Gasteiger partial charge is 0.132 e. The number of hydrogen-bond donors (Lipinski definition) is 0. The highest BCUT2D eigenvalue weighted by Gasteiger charge is 2.16. The van der Waals surface area contributed by atoms with Crippen LogP contribution in [0.25, 0.3) is 0 Å². The maximum Gasteiger partial charge on any atom is 0.132 e. The zero-order valence-corrected chi connectivity index (χ0v) is 12.2. The highest BCUT2D eigenvalue weighted by atomic mass is 19.1. The molecule has 2 aromatic rings. The number of aryl methyl sites for hydroxylation is 1. The second-order valence-corrected chi connectivity index (χ2v) is 5.32. The number of rotatable bonds is 2. The van der Waals surface area contributed by atoms with Gasteiger partial charge in [0.2, 0.25) is 0 Å². The first-order valence-corrected chi connectivity index (χ1v) is 7.26. The lowest BCUT2D eigenvalue weighted by atomic mass is 10.2. The minimum Gasteiger partial charge on any atom is -0.370 e. The summed E-state index contributed by atoms with van der Waals surface area (Å²) in [5.41, 5.74) is 2.07. The molecule has 21 heavy (non-hydrogen) atoms. The zero-order valence-electron chi connectivity index (χ0n) is 12.2. The summed E-state index contributed by atoms with van der Waals surface area (Å²) in [5.74, 6) is 0.801. The number of benzene rings is 1. The molecule has 2 heterocycles. The van der Waals surface area contributed by atoms with Gasteiger partial charge < -0.3 is 9.80 Å². The van der Waals surface area contributed by atoms with Crippen LogP contribution in [0.3, 0.4) is 0 Å². The summed E-state index contributed by atoms with van der Waals surface area (Å²) >= 11 is 0. The van der Waals surface area contributed by atoms with Gasteiger partial charge in [-0.15, -0.1) is 0 Å². The Morgan fingerprint density at radius 1 is 0.952 bits per heavy atom. The fraction of sp³-hybridized carbons (Fsp3) is 0.375. The number of hydrogen-bond acceptors (Lipinski definition) is 4. The summed E-state index contributed by atoms with van der Waals surface area (Å²) in [6.07, 6.45) is 2.67. The topological polar surface area (TPSA) is 32.3 Å². The molecule has 1 aromatic heterocycles. The van der Waals surface area contributed by atoms with Gasteiger partial charge in [0.25, 0.3) is 0 Å². The standard InChI is InChI=1S/C16H19FN4/c1-13-11-16(19-12-18-13)21-8-2-7-20(9-10-21)15-5-3-14(17)4-6-15/h3-6,11-12H,2,7-10H2,1H3. The van der Waals surface area contributed by atoms with Gasteiger partial charge in [0, 0.05) is 43.6 Å². The largest absolute Gasteiger partial charge is 0.370 e. The van der Waals surface area contributed by atoms with Crippen molar-refractivity contribution in [3.63, 3.8) is 0 Å². The van der Waals surface area contributed by atoms with Gasteiger partial charge in [-0.2, -0.15) is 0 Å². The second-order valence-electron chi connectivity index (χ2n) is 5.32. The van der Waals surface area contributed by atoms with E-state index in [0.29, 0.717) is 0 Å². The van der Waals surface area contributed by atoms with Crippen LogP contribution in [-0.2, 0) is 0 Å². The quantitative estimate of drug-likeness (QED) is 0.849. The van der Waals surface area contributed by atoms with Crippen molar-refractivity contribution < 1.29 is 4.39 Å². The van der Waals surface area contributed by atoms with E-state index in [2.05, 4.69) is 19.8 Å². The van der Waals surface area contributed by atoms with Gasteiger partial charge >= 0.3 is 0 Å². The molecule has 0 atom stereocenters. The molecule has 0 saturated carbocycles. The van der Waals surface area contributed by atoms with E-state index in [9.17, 15) is 4.39 Å². The van der Waals surface area contributed by atoms with Crippen LogP contribution in [-0.4, -0.2) is 36.1 Å². The van der Waals surface area contributed by atoms with Gasteiger partial charge in [-0.3, -0.25) is 0 Å². The zero-order chi connectivity index (χ0) is 14.7. The van der Waals surface area contributed by atoms with Gasteiger partial charge in [-0.05, 0) is 37.6 Å². The molecule has 0 radical (unpaired) electrons. The summed E-state index contributed by atoms with van der Waals surface area (Å²) < 4.78 is 13.0. The van der Waals surface area contributed by atoms with E-state index in [0.717, 1.165) is 49.8 Å². The van der Waals surface area contributed by atoms with Crippen molar-refractivity contribution in [2.24, 2.45) is 0 Å². The van der Waals surface area contributed by atoms with Crippen molar-refractivity contribution in [3.05, 3.63) is 48.2 Å². The Hall–Kier alpha value is -2.17. The monoisotopic (exact) mass is 286 g/mol. The van der Waals surface area contributed by atoms with Gasteiger partial charge in [0.05, 0.1) is 0 Å². The van der Waals surface area contributed by atoms with Crippen LogP contribution < -0.4 is 9.80 Å². The molecule has 1 aliphatic heterocycles. The summed E-state index contributed by atoms with van der Waals surface area (Å²) in [7, 11) is 0. The lowest BCUT2D eigenvalue weighted by molar-refractivity contribution is 0.627. The van der Waals surface area contributed by atoms with Crippen LogP contribution in [0.4, 0.5) is 15.9 Å². The summed E-state index contributed by atoms with van der Waals surface area (Å²) in [6, 6.07) is 8.75. The van der Waals surface area contributed by atoms with Gasteiger partial charge in [0.15, 0.2) is 0 Å². The van der Waals surface area contributed by atoms with Crippen LogP contribution >= 0.6 is 0 Å². The summed E-state index contributed by atoms with van der Waals surface area (Å²) in [4.78, 5) is 13.1. The van der Waals surface area contributed by atoms with Crippen molar-refractivity contribution in [3.8, 4) is 0 Å². The van der Waals surface area contributed by atoms with Gasteiger partial charge in [0.1, 0.15) is 18.0 Å². The van der Waals surface area contributed by atoms with Crippen LogP contribution in [0, 0.1) is 12.7 Å². The highest BCUT2D eigenvalue weighted by molar-refractivity contribution is 5.48. The molecule has 1 fully saturated rings. The van der Waals surface area contributed by atoms with E-state index in [1.54, 1.807) is 6.33 Å². The van der Waals surface area contributed by atoms with E-state index >= 15 is 0 Å². The predicted octanol–water partition coefficient (Wildman–Crippen LogP) is 2.64. The molecule has 1 aromatic carbocycles. The molecular weight excluding hydrogens is 267 g/mol. The third-order valence-corrected chi connectivity index (χ3v) is 3.80. The lowest BCUT2D eigenvalue weighted by Crippen LogP contribution is -2.31. The van der Waals surface area contributed by atoms with Crippen LogP contribution in [0.5, 0.6) is 0 Å². The molecule has 0 bridgehead atoms. The maximum atomic E-state index is 13.0. The van der Waals surface area contributed by atoms with Gasteiger partial charge in [-0.25, -0.2) is 14.4 Å². The fourth-order valence-electron chi connectivity index (χ4n) is 2.67. The molecule has 0 N–H and O–H groups in total. The minimum atomic E-state index is -0.188. The van der Waals surface area contributed by atoms with E-state index in [1.807, 2.05) is 25.1 Å². The second kappa shape index (κ2) is 6.08. The Balaban J connectivity index is 1.70. The predicted molar refractivity (Wildman–Crippen MR) is 82.2 cm³/mol. The third kappa shape index (κ3) is 3.29. The fourth-order valence-corrected chi connectivity index (χ4v) is 2.67. The number of nitrogens with zero attached hydrogens (tertiary/aromatic N) is 4. The Bertz CT molecular complexity index is 599. The Morgan fingerprint density at radius 2 is 1.67 bits per heavy atom. The Labute approximate surface area is 124 Å². The molecule has 0 amide bonds. The average Bonchev–Trinajstić information content (AvgIpc) is 2.74. The van der Waals surface area contributed by atoms with Gasteiger partial charge in [-0.1, -0.05) is 0 Å². The third-order valence-electron chi connectivity index (χ3n) is 3.80. The molecule has 0 aliphatic carbocycles. The first-order valence-electron chi connectivity index (χ1n) is 7.26. The molecule has 0 spiro atoms. The molecular formula is C16H19FN4. The molecule has 110 valence electrons. The molecule has 1 saturated heterocycles. The number of aromatic nitrogens is 2. The van der Waals surface area contributed by atoms with Crippen molar-refractivity contribution in [2.45, 2.75) is 13.3 Å². The van der Waals surface area contributed by atoms with Crippen molar-refractivity contribution in [1.29, 1.82) is 0 Å². The first-order chi connectivity index (χ1) is 10.2. The highest BCUT2D eigenvalue weighted by Crippen LogP contribution is 2.19. The van der Waals surface area contributed by atoms with Crippen molar-refractivity contribution in [2.75, 3.05) is 36.0 Å². The summed E-state index contributed by atoms with van der Waals surface area (Å²) in [5, 5.41) is 0. The SMILES string of the molecule is Cc1cc(N2CCCN(c3ccc(F)cc3)CC2)ncn1. The average molecular weight is 286 g/mol. The first kappa shape index (κ1) is 13.8. The van der Waals surface area contributed by atoms with Crippen LogP contribution in [0.2, 0.25) is 0 Å². The Morgan fingerprint density at radius 3 is 2.43 bits per heavy atom. The van der Waals surface area contributed by atoms with E-state index < -0.39 is 0 Å². The lowest BCUT2D eigenvalue weighted by Gasteiger charge is -2.24. The molecule has 5 heteroatoms. The number of anilines is 2. The summed E-state index contributed by atoms with van der Waals surface area (Å²) in [6.45, 7) is 5.76. The Kier molecular flexibility index (Phi) is 3.99. The molecule has 1 aliphatic rings. The maximum absolute atomic E-state index is 13.0. The molecule has 0 unspecified atom stereocenters. The minimum absolute atomic E-state index is 0.188. The van der Waals surface area contributed by atoms with E-state index in [1.165, 1.54) is 12.1 Å². The van der Waals surface area contributed by atoms with Crippen LogP contribution in [0.1, 0.15) is 12.1 Å². The molecule has 4 nitrogen and oxygen atoms in total. The van der Waals surface area contributed by atoms with Crippen molar-refractivity contribution in [1.82, 2.24) is 9.97 Å². The van der Waals surface area contributed by atoms with Crippen molar-refractivity contribution >= 4 is 11.5 Å². The van der Waals surface area contributed by atoms with E-state index in [-0.39, 0.29) is 5.82 Å². The van der Waals surface area contributed by atoms with Crippen LogP contribution in [0.15, 0.2) is 36.7 Å².